The van der Waals surface area contributed by atoms with E-state index in [0.717, 1.165) is 33.1 Å². The molecule has 1 aromatic heterocycles. The average Bonchev–Trinajstić information content (AvgIpc) is 3.19. The quantitative estimate of drug-likeness (QED) is 0.380. The van der Waals surface area contributed by atoms with Crippen molar-refractivity contribution in [2.45, 2.75) is 58.2 Å². The first kappa shape index (κ1) is 24.0. The van der Waals surface area contributed by atoms with Gasteiger partial charge in [-0.3, -0.25) is 9.36 Å². The van der Waals surface area contributed by atoms with Crippen LogP contribution in [-0.2, 0) is 4.79 Å². The minimum Gasteiger partial charge on any atom is -0.352 e. The number of carbonyl (C=O) groups excluding carboxylic acids is 1. The third-order valence-electron chi connectivity index (χ3n) is 6.59. The molecule has 1 aliphatic rings. The fourth-order valence-corrected chi connectivity index (χ4v) is 5.65. The number of aryl methyl sites for hydroxylation is 2. The Bertz CT molecular complexity index is 1110. The van der Waals surface area contributed by atoms with Crippen molar-refractivity contribution in [3.63, 3.8) is 0 Å². The lowest BCUT2D eigenvalue weighted by Crippen LogP contribution is -2.44. The van der Waals surface area contributed by atoms with Crippen molar-refractivity contribution in [2.24, 2.45) is 11.8 Å². The van der Waals surface area contributed by atoms with Gasteiger partial charge in [-0.2, -0.15) is 0 Å². The summed E-state index contributed by atoms with van der Waals surface area (Å²) >= 11 is 4.94. The molecule has 3 aromatic rings. The molecule has 1 fully saturated rings. The van der Waals surface area contributed by atoms with Crippen molar-refractivity contribution in [1.82, 2.24) is 20.1 Å². The lowest BCUT2D eigenvalue weighted by atomic mass is 9.78. The monoisotopic (exact) mass is 526 g/mol. The lowest BCUT2D eigenvalue weighted by molar-refractivity contribution is -0.120. The summed E-state index contributed by atoms with van der Waals surface area (Å²) in [6, 6.07) is 14.7. The molecule has 33 heavy (non-hydrogen) atoms. The van der Waals surface area contributed by atoms with Crippen LogP contribution in [0.15, 0.2) is 52.1 Å². The topological polar surface area (TPSA) is 59.8 Å². The lowest BCUT2D eigenvalue weighted by Gasteiger charge is -2.34. The fraction of sp³-hybridized carbons (Fsp3) is 0.423. The van der Waals surface area contributed by atoms with Crippen LogP contribution < -0.4 is 5.32 Å². The highest BCUT2D eigenvalue weighted by Gasteiger charge is 2.28. The summed E-state index contributed by atoms with van der Waals surface area (Å²) in [5, 5.41) is 13.0. The van der Waals surface area contributed by atoms with Crippen molar-refractivity contribution in [3.8, 4) is 17.1 Å². The number of rotatable bonds is 6. The summed E-state index contributed by atoms with van der Waals surface area (Å²) in [6.07, 6.45) is 3.50. The van der Waals surface area contributed by atoms with Gasteiger partial charge in [-0.15, -0.1) is 10.2 Å². The third-order valence-corrected chi connectivity index (χ3v) is 8.04. The smallest absolute Gasteiger partial charge is 0.230 e. The van der Waals surface area contributed by atoms with Gasteiger partial charge in [0.25, 0.3) is 0 Å². The third kappa shape index (κ3) is 5.69. The van der Waals surface area contributed by atoms with Crippen LogP contribution in [0.2, 0.25) is 0 Å². The number of nitrogens with zero attached hydrogens (tertiary/aromatic N) is 3. The largest absolute Gasteiger partial charge is 0.352 e. The molecule has 0 saturated heterocycles. The van der Waals surface area contributed by atoms with Crippen LogP contribution in [0.25, 0.3) is 17.1 Å². The maximum absolute atomic E-state index is 12.8. The first-order valence-corrected chi connectivity index (χ1v) is 13.3. The van der Waals surface area contributed by atoms with E-state index in [1.54, 1.807) is 0 Å². The first-order valence-electron chi connectivity index (χ1n) is 11.5. The van der Waals surface area contributed by atoms with Gasteiger partial charge in [0.1, 0.15) is 0 Å². The Morgan fingerprint density at radius 3 is 2.48 bits per heavy atom. The Labute approximate surface area is 208 Å². The van der Waals surface area contributed by atoms with Gasteiger partial charge < -0.3 is 5.32 Å². The zero-order valence-corrected chi connectivity index (χ0v) is 22.0. The summed E-state index contributed by atoms with van der Waals surface area (Å²) in [5.41, 5.74) is 4.34. The zero-order valence-electron chi connectivity index (χ0n) is 19.6. The van der Waals surface area contributed by atoms with E-state index < -0.39 is 0 Å². The van der Waals surface area contributed by atoms with E-state index in [1.807, 2.05) is 24.3 Å². The Kier molecular flexibility index (Phi) is 7.59. The van der Waals surface area contributed by atoms with Crippen LogP contribution >= 0.6 is 27.7 Å². The Hall–Kier alpha value is -2.12. The number of amides is 1. The molecule has 1 saturated carbocycles. The molecule has 7 heteroatoms. The highest BCUT2D eigenvalue weighted by molar-refractivity contribution is 9.10. The summed E-state index contributed by atoms with van der Waals surface area (Å²) < 4.78 is 3.08. The summed E-state index contributed by atoms with van der Waals surface area (Å²) in [4.78, 5) is 12.8. The molecule has 5 nitrogen and oxygen atoms in total. The first-order chi connectivity index (χ1) is 15.8. The number of halogens is 1. The minimum absolute atomic E-state index is 0.0612. The second kappa shape index (κ2) is 10.4. The number of benzene rings is 2. The van der Waals surface area contributed by atoms with Crippen LogP contribution in [0.5, 0.6) is 0 Å². The standard InChI is InChI=1S/C26H31BrN4OS/c1-16-12-17(2)14-22(13-16)31-25(20-8-10-21(27)11-9-20)29-30-26(31)33-15-24(32)28-23-7-5-6-18(3)19(23)4/h8-14,18-19,23H,5-7,15H2,1-4H3,(H,28,32)/t18-,19+,23-/m1/s1. The zero-order chi connectivity index (χ0) is 23.5. The van der Waals surface area contributed by atoms with Gasteiger partial charge in [0, 0.05) is 16.1 Å². The molecule has 0 aliphatic heterocycles. The molecule has 1 heterocycles. The van der Waals surface area contributed by atoms with E-state index in [4.69, 9.17) is 0 Å². The molecule has 174 valence electrons. The number of carbonyl (C=O) groups is 1. The molecule has 0 unspecified atom stereocenters. The predicted molar refractivity (Wildman–Crippen MR) is 139 cm³/mol. The van der Waals surface area contributed by atoms with Crippen LogP contribution in [0, 0.1) is 25.7 Å². The normalized spacial score (nSPS) is 20.6. The second-order valence-electron chi connectivity index (χ2n) is 9.22. The maximum atomic E-state index is 12.8. The summed E-state index contributed by atoms with van der Waals surface area (Å²) in [6.45, 7) is 8.72. The Balaban J connectivity index is 1.59. The Morgan fingerprint density at radius 1 is 1.09 bits per heavy atom. The molecule has 4 rings (SSSR count). The summed E-state index contributed by atoms with van der Waals surface area (Å²) in [7, 11) is 0. The number of hydrogen-bond donors (Lipinski definition) is 1. The van der Waals surface area contributed by atoms with E-state index in [9.17, 15) is 4.79 Å². The second-order valence-corrected chi connectivity index (χ2v) is 11.1. The van der Waals surface area contributed by atoms with Gasteiger partial charge in [-0.1, -0.05) is 72.6 Å². The highest BCUT2D eigenvalue weighted by Crippen LogP contribution is 2.31. The molecule has 3 atom stereocenters. The fourth-order valence-electron chi connectivity index (χ4n) is 4.63. The maximum Gasteiger partial charge on any atom is 0.230 e. The summed E-state index contributed by atoms with van der Waals surface area (Å²) in [5.74, 6) is 2.31. The molecule has 2 aromatic carbocycles. The van der Waals surface area contributed by atoms with Crippen molar-refractivity contribution in [1.29, 1.82) is 0 Å². The van der Waals surface area contributed by atoms with E-state index in [0.29, 0.717) is 17.6 Å². The van der Waals surface area contributed by atoms with Crippen molar-refractivity contribution in [2.75, 3.05) is 5.75 Å². The minimum atomic E-state index is 0.0612. The molecule has 0 bridgehead atoms. The number of hydrogen-bond acceptors (Lipinski definition) is 4. The predicted octanol–water partition coefficient (Wildman–Crippen LogP) is 6.35. The van der Waals surface area contributed by atoms with E-state index in [-0.39, 0.29) is 11.9 Å². The molecule has 1 amide bonds. The van der Waals surface area contributed by atoms with Crippen molar-refractivity contribution < 1.29 is 4.79 Å². The van der Waals surface area contributed by atoms with Gasteiger partial charge in [-0.25, -0.2) is 0 Å². The highest BCUT2D eigenvalue weighted by atomic mass is 79.9. The number of aromatic nitrogens is 3. The molecule has 0 spiro atoms. The van der Waals surface area contributed by atoms with Gasteiger partial charge in [0.2, 0.25) is 5.91 Å². The SMILES string of the molecule is Cc1cc(C)cc(-n2c(SCC(=O)N[C@@H]3CCC[C@@H](C)[C@@H]3C)nnc2-c2ccc(Br)cc2)c1. The van der Waals surface area contributed by atoms with E-state index in [1.165, 1.54) is 35.7 Å². The van der Waals surface area contributed by atoms with E-state index >= 15 is 0 Å². The van der Waals surface area contributed by atoms with Crippen LogP contribution in [-0.4, -0.2) is 32.5 Å². The molecular weight excluding hydrogens is 496 g/mol. The van der Waals surface area contributed by atoms with Crippen LogP contribution in [0.3, 0.4) is 0 Å². The van der Waals surface area contributed by atoms with Gasteiger partial charge >= 0.3 is 0 Å². The van der Waals surface area contributed by atoms with Gasteiger partial charge in [0.05, 0.1) is 11.4 Å². The molecule has 0 radical (unpaired) electrons. The van der Waals surface area contributed by atoms with Gasteiger partial charge in [-0.05, 0) is 67.5 Å². The molecule has 1 aliphatic carbocycles. The van der Waals surface area contributed by atoms with Crippen LogP contribution in [0.4, 0.5) is 0 Å². The number of thioether (sulfide) groups is 1. The van der Waals surface area contributed by atoms with E-state index in [2.05, 4.69) is 81.9 Å². The molecule has 1 N–H and O–H groups in total. The van der Waals surface area contributed by atoms with Crippen molar-refractivity contribution in [3.05, 3.63) is 58.1 Å². The Morgan fingerprint density at radius 2 is 1.79 bits per heavy atom. The number of nitrogens with one attached hydrogen (secondary N) is 1. The van der Waals surface area contributed by atoms with Gasteiger partial charge in [0.15, 0.2) is 11.0 Å². The van der Waals surface area contributed by atoms with Crippen LogP contribution in [0.1, 0.15) is 44.2 Å². The average molecular weight is 528 g/mol. The van der Waals surface area contributed by atoms with Crippen molar-refractivity contribution >= 4 is 33.6 Å². The molecular formula is C26H31BrN4OS.